The van der Waals surface area contributed by atoms with Gasteiger partial charge in [0.05, 0.1) is 17.6 Å². The number of para-hydroxylation sites is 3. The van der Waals surface area contributed by atoms with Crippen LogP contribution in [0, 0.1) is 0 Å². The summed E-state index contributed by atoms with van der Waals surface area (Å²) < 4.78 is 11.3. The van der Waals surface area contributed by atoms with Gasteiger partial charge in [-0.25, -0.2) is 4.98 Å². The average molecular weight is 375 g/mol. The summed E-state index contributed by atoms with van der Waals surface area (Å²) in [6.45, 7) is 0.638. The molecule has 1 aliphatic rings. The van der Waals surface area contributed by atoms with Crippen molar-refractivity contribution in [1.82, 2.24) is 4.98 Å². The van der Waals surface area contributed by atoms with Gasteiger partial charge in [-0.15, -0.1) is 0 Å². The lowest BCUT2D eigenvalue weighted by molar-refractivity contribution is -0.124. The number of anilines is 3. The topological polar surface area (TPSA) is 72.5 Å². The van der Waals surface area contributed by atoms with Crippen molar-refractivity contribution in [3.63, 3.8) is 0 Å². The number of aromatic nitrogens is 1. The van der Waals surface area contributed by atoms with Crippen LogP contribution in [0.4, 0.5) is 17.2 Å². The minimum atomic E-state index is -0.374. The van der Waals surface area contributed by atoms with Crippen LogP contribution in [-0.4, -0.2) is 23.6 Å². The molecule has 2 heterocycles. The number of carbonyl (C=O) groups is 1. The van der Waals surface area contributed by atoms with Crippen molar-refractivity contribution >= 4 is 23.1 Å². The molecule has 1 aromatic heterocycles. The van der Waals surface area contributed by atoms with E-state index in [9.17, 15) is 4.79 Å². The maximum Gasteiger partial charge on any atom is 0.254 e. The lowest BCUT2D eigenvalue weighted by Crippen LogP contribution is -2.27. The third kappa shape index (κ3) is 4.47. The van der Waals surface area contributed by atoms with E-state index < -0.39 is 0 Å². The number of nitrogens with zero attached hydrogens (tertiary/aromatic N) is 1. The highest BCUT2D eigenvalue weighted by Gasteiger charge is 2.23. The number of carbonyl (C=O) groups excluding carboxylic acids is 1. The average Bonchev–Trinajstić information content (AvgIpc) is 3.27. The Balaban J connectivity index is 1.42. The maximum absolute atomic E-state index is 12.1. The van der Waals surface area contributed by atoms with E-state index in [1.807, 2.05) is 60.7 Å². The van der Waals surface area contributed by atoms with Crippen LogP contribution < -0.4 is 15.4 Å². The predicted molar refractivity (Wildman–Crippen MR) is 108 cm³/mol. The number of hydrogen-bond acceptors (Lipinski definition) is 5. The fourth-order valence-electron chi connectivity index (χ4n) is 2.96. The Bertz CT molecular complexity index is 923. The van der Waals surface area contributed by atoms with Crippen molar-refractivity contribution in [3.05, 3.63) is 72.9 Å². The van der Waals surface area contributed by atoms with Gasteiger partial charge in [-0.05, 0) is 49.2 Å². The van der Waals surface area contributed by atoms with Gasteiger partial charge in [-0.2, -0.15) is 0 Å². The lowest BCUT2D eigenvalue weighted by Gasteiger charge is -2.13. The molecule has 1 saturated heterocycles. The molecule has 1 atom stereocenters. The van der Waals surface area contributed by atoms with E-state index in [-0.39, 0.29) is 12.0 Å². The molecule has 4 rings (SSSR count). The Morgan fingerprint density at radius 1 is 1.04 bits per heavy atom. The van der Waals surface area contributed by atoms with Crippen molar-refractivity contribution in [2.45, 2.75) is 18.9 Å². The summed E-state index contributed by atoms with van der Waals surface area (Å²) in [4.78, 5) is 16.4. The molecule has 0 spiro atoms. The number of hydrogen-bond donors (Lipinski definition) is 2. The zero-order valence-corrected chi connectivity index (χ0v) is 15.3. The van der Waals surface area contributed by atoms with Gasteiger partial charge in [-0.1, -0.05) is 30.3 Å². The van der Waals surface area contributed by atoms with Gasteiger partial charge in [0, 0.05) is 6.61 Å². The van der Waals surface area contributed by atoms with Crippen LogP contribution in [0.15, 0.2) is 72.9 Å². The number of ether oxygens (including phenoxy) is 2. The normalized spacial score (nSPS) is 15.8. The molecule has 6 nitrogen and oxygen atoms in total. The van der Waals surface area contributed by atoms with Crippen LogP contribution in [0.2, 0.25) is 0 Å². The standard InChI is InChI=1S/C22H21N3O3/c26-22(20-11-6-14-27-20)25-21-13-12-16(15-23-21)24-18-9-4-5-10-19(18)28-17-7-2-1-3-8-17/h1-5,7-10,12-13,15,20,24H,6,11,14H2,(H,23,25,26). The molecule has 6 heteroatoms. The molecule has 28 heavy (non-hydrogen) atoms. The highest BCUT2D eigenvalue weighted by molar-refractivity contribution is 5.93. The van der Waals surface area contributed by atoms with E-state index in [0.29, 0.717) is 18.2 Å². The lowest BCUT2D eigenvalue weighted by atomic mass is 10.2. The van der Waals surface area contributed by atoms with E-state index >= 15 is 0 Å². The highest BCUT2D eigenvalue weighted by Crippen LogP contribution is 2.31. The first-order valence-corrected chi connectivity index (χ1v) is 9.25. The number of benzene rings is 2. The zero-order valence-electron chi connectivity index (χ0n) is 15.3. The van der Waals surface area contributed by atoms with Crippen molar-refractivity contribution in [3.8, 4) is 11.5 Å². The third-order valence-electron chi connectivity index (χ3n) is 4.37. The summed E-state index contributed by atoms with van der Waals surface area (Å²) in [7, 11) is 0. The molecular weight excluding hydrogens is 354 g/mol. The number of pyridine rings is 1. The summed E-state index contributed by atoms with van der Waals surface area (Å²) in [5.74, 6) is 1.83. The summed E-state index contributed by atoms with van der Waals surface area (Å²) in [5.41, 5.74) is 1.61. The summed E-state index contributed by atoms with van der Waals surface area (Å²) in [5, 5.41) is 6.09. The number of rotatable bonds is 6. The molecule has 0 bridgehead atoms. The molecule has 142 valence electrons. The first-order chi connectivity index (χ1) is 13.8. The Labute approximate surface area is 163 Å². The monoisotopic (exact) mass is 375 g/mol. The van der Waals surface area contributed by atoms with Gasteiger partial charge >= 0.3 is 0 Å². The van der Waals surface area contributed by atoms with Gasteiger partial charge in [0.25, 0.3) is 5.91 Å². The summed E-state index contributed by atoms with van der Waals surface area (Å²) >= 11 is 0. The molecule has 2 aromatic carbocycles. The van der Waals surface area contributed by atoms with E-state index in [4.69, 9.17) is 9.47 Å². The fourth-order valence-corrected chi connectivity index (χ4v) is 2.96. The number of nitrogens with one attached hydrogen (secondary N) is 2. The minimum absolute atomic E-state index is 0.146. The zero-order chi connectivity index (χ0) is 19.2. The van der Waals surface area contributed by atoms with Gasteiger partial charge in [0.2, 0.25) is 0 Å². The van der Waals surface area contributed by atoms with Crippen LogP contribution in [-0.2, 0) is 9.53 Å². The molecule has 1 amide bonds. The van der Waals surface area contributed by atoms with Gasteiger partial charge in [-0.3, -0.25) is 4.79 Å². The maximum atomic E-state index is 12.1. The largest absolute Gasteiger partial charge is 0.455 e. The molecule has 1 aliphatic heterocycles. The van der Waals surface area contributed by atoms with Crippen molar-refractivity contribution in [2.75, 3.05) is 17.2 Å². The van der Waals surface area contributed by atoms with Crippen molar-refractivity contribution in [1.29, 1.82) is 0 Å². The highest BCUT2D eigenvalue weighted by atomic mass is 16.5. The first kappa shape index (κ1) is 18.0. The smallest absolute Gasteiger partial charge is 0.254 e. The van der Waals surface area contributed by atoms with Crippen LogP contribution in [0.5, 0.6) is 11.5 Å². The molecular formula is C22H21N3O3. The van der Waals surface area contributed by atoms with E-state index in [1.165, 1.54) is 0 Å². The number of amides is 1. The Morgan fingerprint density at radius 3 is 2.61 bits per heavy atom. The Morgan fingerprint density at radius 2 is 1.86 bits per heavy atom. The quantitative estimate of drug-likeness (QED) is 0.651. The molecule has 0 saturated carbocycles. The van der Waals surface area contributed by atoms with Crippen molar-refractivity contribution in [2.24, 2.45) is 0 Å². The third-order valence-corrected chi connectivity index (χ3v) is 4.37. The van der Waals surface area contributed by atoms with E-state index in [0.717, 1.165) is 30.0 Å². The van der Waals surface area contributed by atoms with E-state index in [2.05, 4.69) is 15.6 Å². The molecule has 0 radical (unpaired) electrons. The van der Waals surface area contributed by atoms with E-state index in [1.54, 1.807) is 12.3 Å². The first-order valence-electron chi connectivity index (χ1n) is 9.25. The fraction of sp³-hybridized carbons (Fsp3) is 0.182. The molecule has 3 aromatic rings. The molecule has 1 fully saturated rings. The SMILES string of the molecule is O=C(Nc1ccc(Nc2ccccc2Oc2ccccc2)cn1)C1CCCO1. The van der Waals surface area contributed by atoms with Crippen LogP contribution in [0.25, 0.3) is 0 Å². The molecule has 0 aliphatic carbocycles. The van der Waals surface area contributed by atoms with Crippen LogP contribution in [0.3, 0.4) is 0 Å². The van der Waals surface area contributed by atoms with Crippen LogP contribution in [0.1, 0.15) is 12.8 Å². The summed E-state index contributed by atoms with van der Waals surface area (Å²) in [6, 6.07) is 20.9. The van der Waals surface area contributed by atoms with Crippen LogP contribution >= 0.6 is 0 Å². The second-order valence-corrected chi connectivity index (χ2v) is 6.46. The van der Waals surface area contributed by atoms with Gasteiger partial charge < -0.3 is 20.1 Å². The summed E-state index contributed by atoms with van der Waals surface area (Å²) in [6.07, 6.45) is 2.97. The molecule has 2 N–H and O–H groups in total. The second-order valence-electron chi connectivity index (χ2n) is 6.46. The van der Waals surface area contributed by atoms with Gasteiger partial charge in [0.15, 0.2) is 5.75 Å². The van der Waals surface area contributed by atoms with Gasteiger partial charge in [0.1, 0.15) is 17.7 Å². The molecule has 1 unspecified atom stereocenters. The van der Waals surface area contributed by atoms with Crippen molar-refractivity contribution < 1.29 is 14.3 Å². The second kappa shape index (κ2) is 8.54. The Hall–Kier alpha value is -3.38. The predicted octanol–water partition coefficient (Wildman–Crippen LogP) is 4.74. The minimum Gasteiger partial charge on any atom is -0.455 e. The Kier molecular flexibility index (Phi) is 5.49.